The number of allylic oxidation sites excluding steroid dienone is 1. The Morgan fingerprint density at radius 2 is 1.35 bits per heavy atom. The maximum Gasteiger partial charge on any atom is 0.0936 e. The molecule has 0 amide bonds. The van der Waals surface area contributed by atoms with Gasteiger partial charge in [-0.25, -0.2) is 0 Å². The molecule has 0 bridgehead atoms. The van der Waals surface area contributed by atoms with Gasteiger partial charge in [-0.05, 0) is 73.7 Å². The largest absolute Gasteiger partial charge is 0.380 e. The van der Waals surface area contributed by atoms with Crippen LogP contribution in [0.15, 0.2) is 113 Å². The molecule has 6 rings (SSSR count). The van der Waals surface area contributed by atoms with Crippen molar-refractivity contribution in [3.05, 3.63) is 131 Å². The fourth-order valence-electron chi connectivity index (χ4n) is 5.24. The monoisotopic (exact) mass is 522 g/mol. The third-order valence-corrected chi connectivity index (χ3v) is 7.55. The van der Waals surface area contributed by atoms with Gasteiger partial charge in [0.1, 0.15) is 0 Å². The van der Waals surface area contributed by atoms with Crippen molar-refractivity contribution in [2.75, 3.05) is 10.6 Å². The molecule has 0 aromatic heterocycles. The first kappa shape index (κ1) is 25.6. The van der Waals surface area contributed by atoms with E-state index in [0.29, 0.717) is 5.92 Å². The van der Waals surface area contributed by atoms with Gasteiger partial charge in [-0.15, -0.1) is 5.11 Å². The Bertz CT molecular complexity index is 1710. The zero-order chi connectivity index (χ0) is 27.5. The van der Waals surface area contributed by atoms with E-state index in [-0.39, 0.29) is 0 Å². The summed E-state index contributed by atoms with van der Waals surface area (Å²) in [5.41, 5.74) is 11.3. The summed E-state index contributed by atoms with van der Waals surface area (Å²) in [5, 5.41) is 19.0. The van der Waals surface area contributed by atoms with Gasteiger partial charge in [-0.2, -0.15) is 5.11 Å². The van der Waals surface area contributed by atoms with E-state index in [4.69, 9.17) is 10.2 Å². The summed E-state index contributed by atoms with van der Waals surface area (Å²) in [6.45, 7) is 7.23. The maximum absolute atomic E-state index is 4.81. The third-order valence-electron chi connectivity index (χ3n) is 7.55. The van der Waals surface area contributed by atoms with Crippen molar-refractivity contribution < 1.29 is 0 Å². The first-order valence-electron chi connectivity index (χ1n) is 13.9. The smallest absolute Gasteiger partial charge is 0.0936 e. The molecule has 0 saturated carbocycles. The Hall–Kier alpha value is -4.70. The molecule has 0 saturated heterocycles. The van der Waals surface area contributed by atoms with Crippen molar-refractivity contribution in [3.8, 4) is 0 Å². The minimum absolute atomic E-state index is 0.454. The molecule has 5 aromatic carbocycles. The van der Waals surface area contributed by atoms with Crippen LogP contribution in [0.1, 0.15) is 34.7 Å². The third kappa shape index (κ3) is 5.52. The van der Waals surface area contributed by atoms with E-state index >= 15 is 0 Å². The van der Waals surface area contributed by atoms with Crippen molar-refractivity contribution in [3.63, 3.8) is 0 Å². The summed E-state index contributed by atoms with van der Waals surface area (Å²) in [4.78, 5) is 0. The molecular weight excluding hydrogens is 488 g/mol. The minimum Gasteiger partial charge on any atom is -0.380 e. The molecule has 0 heterocycles. The van der Waals surface area contributed by atoms with Crippen molar-refractivity contribution in [2.24, 2.45) is 16.1 Å². The number of nitrogens with zero attached hydrogens (tertiary/aromatic N) is 2. The Labute approximate surface area is 236 Å². The lowest BCUT2D eigenvalue weighted by Crippen LogP contribution is -2.06. The van der Waals surface area contributed by atoms with Crippen molar-refractivity contribution in [1.29, 1.82) is 0 Å². The SMILES string of the molecule is Cc1ccc(CNc2ccc(N=Nc3ccc(Nc4ccc(C)cc4)c4c3CC(C)C=C4)c3ccccc23)cc1. The van der Waals surface area contributed by atoms with Gasteiger partial charge in [-0.3, -0.25) is 0 Å². The van der Waals surface area contributed by atoms with E-state index in [1.807, 2.05) is 0 Å². The number of aryl methyl sites for hydroxylation is 2. The highest BCUT2D eigenvalue weighted by Crippen LogP contribution is 2.39. The Balaban J connectivity index is 1.30. The second-order valence-corrected chi connectivity index (χ2v) is 10.8. The average molecular weight is 523 g/mol. The van der Waals surface area contributed by atoms with Gasteiger partial charge in [0.25, 0.3) is 0 Å². The van der Waals surface area contributed by atoms with Crippen LogP contribution < -0.4 is 10.6 Å². The van der Waals surface area contributed by atoms with Gasteiger partial charge in [0, 0.05) is 39.9 Å². The first-order valence-corrected chi connectivity index (χ1v) is 13.9. The van der Waals surface area contributed by atoms with Crippen LogP contribution in [0.3, 0.4) is 0 Å². The van der Waals surface area contributed by atoms with Crippen LogP contribution >= 0.6 is 0 Å². The molecule has 0 spiro atoms. The summed E-state index contributed by atoms with van der Waals surface area (Å²) in [6, 6.07) is 33.9. The van der Waals surface area contributed by atoms with E-state index in [2.05, 4.69) is 141 Å². The molecule has 2 N–H and O–H groups in total. The summed E-state index contributed by atoms with van der Waals surface area (Å²) < 4.78 is 0. The molecule has 40 heavy (non-hydrogen) atoms. The second kappa shape index (κ2) is 11.2. The van der Waals surface area contributed by atoms with Crippen LogP contribution in [-0.4, -0.2) is 0 Å². The summed E-state index contributed by atoms with van der Waals surface area (Å²) in [7, 11) is 0. The van der Waals surface area contributed by atoms with Crippen LogP contribution in [0, 0.1) is 19.8 Å². The number of anilines is 3. The van der Waals surface area contributed by atoms with Gasteiger partial charge in [-0.1, -0.05) is 90.9 Å². The highest BCUT2D eigenvalue weighted by Gasteiger charge is 2.18. The highest BCUT2D eigenvalue weighted by atomic mass is 15.1. The van der Waals surface area contributed by atoms with Gasteiger partial charge in [0.05, 0.1) is 11.4 Å². The van der Waals surface area contributed by atoms with Crippen molar-refractivity contribution in [1.82, 2.24) is 0 Å². The fraction of sp³-hybridized carbons (Fsp3) is 0.167. The van der Waals surface area contributed by atoms with Crippen molar-refractivity contribution >= 4 is 45.3 Å². The van der Waals surface area contributed by atoms with Crippen LogP contribution in [0.4, 0.5) is 28.4 Å². The van der Waals surface area contributed by atoms with Crippen LogP contribution in [0.25, 0.3) is 16.8 Å². The molecule has 0 fully saturated rings. The Morgan fingerprint density at radius 3 is 2.12 bits per heavy atom. The predicted molar refractivity (Wildman–Crippen MR) is 169 cm³/mol. The standard InChI is InChI=1S/C36H34N4/c1-24-8-13-27(14-9-24)23-37-33-18-20-35(30-7-5-4-6-29(30)33)39-40-36-21-19-34(31-17-12-26(3)22-32(31)36)38-28-15-10-25(2)11-16-28/h4-21,26,37-38H,22-23H2,1-3H3. The minimum atomic E-state index is 0.454. The molecule has 198 valence electrons. The summed E-state index contributed by atoms with van der Waals surface area (Å²) in [6.07, 6.45) is 5.44. The number of rotatable bonds is 7. The van der Waals surface area contributed by atoms with Gasteiger partial charge in [0.2, 0.25) is 0 Å². The molecule has 5 aromatic rings. The van der Waals surface area contributed by atoms with Crippen molar-refractivity contribution in [2.45, 2.75) is 33.7 Å². The lowest BCUT2D eigenvalue weighted by atomic mass is 9.88. The topological polar surface area (TPSA) is 48.8 Å². The molecule has 4 heteroatoms. The molecule has 1 aliphatic rings. The highest BCUT2D eigenvalue weighted by molar-refractivity contribution is 6.00. The number of benzene rings is 5. The Morgan fingerprint density at radius 1 is 0.700 bits per heavy atom. The number of nitrogens with one attached hydrogen (secondary N) is 2. The van der Waals surface area contributed by atoms with Crippen LogP contribution in [-0.2, 0) is 13.0 Å². The Kier molecular flexibility index (Phi) is 7.15. The number of fused-ring (bicyclic) bond motifs is 2. The zero-order valence-corrected chi connectivity index (χ0v) is 23.3. The normalized spacial score (nSPS) is 14.4. The zero-order valence-electron chi connectivity index (χ0n) is 23.3. The van der Waals surface area contributed by atoms with Gasteiger partial charge < -0.3 is 10.6 Å². The van der Waals surface area contributed by atoms with E-state index < -0.39 is 0 Å². The van der Waals surface area contributed by atoms with E-state index in [0.717, 1.165) is 52.2 Å². The molecule has 1 unspecified atom stereocenters. The predicted octanol–water partition coefficient (Wildman–Crippen LogP) is 10.4. The fourth-order valence-corrected chi connectivity index (χ4v) is 5.24. The van der Waals surface area contributed by atoms with Gasteiger partial charge in [0.15, 0.2) is 0 Å². The quantitative estimate of drug-likeness (QED) is 0.209. The lowest BCUT2D eigenvalue weighted by Gasteiger charge is -2.21. The molecule has 4 nitrogen and oxygen atoms in total. The molecule has 0 aliphatic heterocycles. The van der Waals surface area contributed by atoms with E-state index in [9.17, 15) is 0 Å². The molecule has 1 aliphatic carbocycles. The lowest BCUT2D eigenvalue weighted by molar-refractivity contribution is 0.717. The van der Waals surface area contributed by atoms with E-state index in [1.54, 1.807) is 0 Å². The average Bonchev–Trinajstić information content (AvgIpc) is 2.98. The molecule has 1 atom stereocenters. The number of hydrogen-bond donors (Lipinski definition) is 2. The van der Waals surface area contributed by atoms with Gasteiger partial charge >= 0.3 is 0 Å². The number of hydrogen-bond acceptors (Lipinski definition) is 4. The van der Waals surface area contributed by atoms with Crippen LogP contribution in [0.2, 0.25) is 0 Å². The number of azo groups is 1. The summed E-state index contributed by atoms with van der Waals surface area (Å²) >= 11 is 0. The van der Waals surface area contributed by atoms with Crippen LogP contribution in [0.5, 0.6) is 0 Å². The summed E-state index contributed by atoms with van der Waals surface area (Å²) in [5.74, 6) is 0.454. The molecular formula is C36H34N4. The second-order valence-electron chi connectivity index (χ2n) is 10.8. The maximum atomic E-state index is 4.81. The molecule has 0 radical (unpaired) electrons. The van der Waals surface area contributed by atoms with E-state index in [1.165, 1.54) is 27.8 Å². The first-order chi connectivity index (χ1) is 19.5.